The Kier molecular flexibility index (Phi) is 4.72. The second-order valence-electron chi connectivity index (χ2n) is 6.43. The van der Waals surface area contributed by atoms with E-state index < -0.39 is 32.3 Å². The maximum Gasteiger partial charge on any atom is 0.329 e. The van der Waals surface area contributed by atoms with Crippen molar-refractivity contribution in [1.82, 2.24) is 5.32 Å². The van der Waals surface area contributed by atoms with Crippen LogP contribution in [0, 0.1) is 0 Å². The molecule has 1 aliphatic rings. The van der Waals surface area contributed by atoms with Gasteiger partial charge in [-0.05, 0) is 6.92 Å². The van der Waals surface area contributed by atoms with Crippen LogP contribution in [0.15, 0.2) is 30.3 Å². The number of carbonyl (C=O) groups excluding carboxylic acids is 2. The number of benzene rings is 1. The van der Waals surface area contributed by atoms with Gasteiger partial charge >= 0.3 is 5.97 Å². The molecule has 0 radical (unpaired) electrons. The summed E-state index contributed by atoms with van der Waals surface area (Å²) in [5, 5.41) is 13.9. The predicted molar refractivity (Wildman–Crippen MR) is 86.5 cm³/mol. The van der Waals surface area contributed by atoms with Crippen LogP contribution in [0.2, 0.25) is 18.6 Å². The van der Waals surface area contributed by atoms with E-state index in [4.69, 9.17) is 4.74 Å². The van der Waals surface area contributed by atoms with Crippen molar-refractivity contribution in [2.75, 3.05) is 0 Å². The molecule has 1 aromatic carbocycles. The van der Waals surface area contributed by atoms with Crippen LogP contribution >= 0.6 is 0 Å². The summed E-state index contributed by atoms with van der Waals surface area (Å²) in [4.78, 5) is 23.7. The first-order chi connectivity index (χ1) is 10.2. The van der Waals surface area contributed by atoms with Gasteiger partial charge in [0.15, 0.2) is 0 Å². The lowest BCUT2D eigenvalue weighted by atomic mass is 10.1. The fraction of sp³-hybridized carbons (Fsp3) is 0.500. The van der Waals surface area contributed by atoms with E-state index in [2.05, 4.69) is 18.4 Å². The molecule has 1 heterocycles. The normalized spacial score (nSPS) is 26.4. The minimum Gasteiger partial charge on any atom is -0.458 e. The van der Waals surface area contributed by atoms with E-state index in [-0.39, 0.29) is 11.4 Å². The molecule has 0 aliphatic carbocycles. The minimum absolute atomic E-state index is 0.216. The molecule has 1 fully saturated rings. The van der Waals surface area contributed by atoms with Crippen molar-refractivity contribution in [3.63, 3.8) is 0 Å². The number of aliphatic hydroxyl groups is 1. The second-order valence-corrected chi connectivity index (χ2v) is 11.1. The zero-order valence-electron chi connectivity index (χ0n) is 13.4. The summed E-state index contributed by atoms with van der Waals surface area (Å²) in [6.07, 6.45) is -1.37. The molecule has 0 spiro atoms. The summed E-state index contributed by atoms with van der Waals surface area (Å²) >= 11 is 0. The average molecular weight is 321 g/mol. The molecule has 120 valence electrons. The monoisotopic (exact) mass is 321 g/mol. The molecule has 6 heteroatoms. The van der Waals surface area contributed by atoms with E-state index >= 15 is 0 Å². The summed E-state index contributed by atoms with van der Waals surface area (Å²) in [5.41, 5.74) is -0.216. The first-order valence-electron chi connectivity index (χ1n) is 7.46. The van der Waals surface area contributed by atoms with Crippen LogP contribution in [-0.4, -0.2) is 43.3 Å². The van der Waals surface area contributed by atoms with Gasteiger partial charge in [-0.15, -0.1) is 0 Å². The van der Waals surface area contributed by atoms with Crippen molar-refractivity contribution in [2.45, 2.75) is 50.7 Å². The highest BCUT2D eigenvalue weighted by Crippen LogP contribution is 2.38. The Labute approximate surface area is 131 Å². The summed E-state index contributed by atoms with van der Waals surface area (Å²) in [6, 6.07) is 9.26. The molecule has 2 N–H and O–H groups in total. The summed E-state index contributed by atoms with van der Waals surface area (Å²) in [6.45, 7) is 7.28. The Balaban J connectivity index is 2.44. The van der Waals surface area contributed by atoms with Gasteiger partial charge in [0.25, 0.3) is 0 Å². The Morgan fingerprint density at radius 1 is 1.32 bits per heavy atom. The molecule has 22 heavy (non-hydrogen) atoms. The topological polar surface area (TPSA) is 75.6 Å². The van der Waals surface area contributed by atoms with Gasteiger partial charge in [-0.2, -0.15) is 0 Å². The van der Waals surface area contributed by atoms with Crippen LogP contribution in [0.25, 0.3) is 0 Å². The molecular weight excluding hydrogens is 298 g/mol. The van der Waals surface area contributed by atoms with Gasteiger partial charge < -0.3 is 15.2 Å². The highest BCUT2D eigenvalue weighted by molar-refractivity contribution is 6.91. The molecule has 0 saturated carbocycles. The van der Waals surface area contributed by atoms with Gasteiger partial charge in [0.2, 0.25) is 5.91 Å². The molecule has 1 aromatic rings. The quantitative estimate of drug-likeness (QED) is 0.635. The SMILES string of the molecule is CC(=O)N[C@@H]1C(=O)O[C@@H]([C@@H](C)O)[C@H]1[Si](C)(C)c1ccccc1. The second kappa shape index (κ2) is 6.22. The van der Waals surface area contributed by atoms with Crippen LogP contribution in [0.5, 0.6) is 0 Å². The molecule has 1 amide bonds. The smallest absolute Gasteiger partial charge is 0.329 e. The third-order valence-electron chi connectivity index (χ3n) is 4.40. The van der Waals surface area contributed by atoms with Crippen LogP contribution in [0.4, 0.5) is 0 Å². The first-order valence-corrected chi connectivity index (χ1v) is 10.5. The number of carbonyl (C=O) groups is 2. The minimum atomic E-state index is -2.16. The van der Waals surface area contributed by atoms with E-state index in [1.807, 2.05) is 30.3 Å². The lowest BCUT2D eigenvalue weighted by Crippen LogP contribution is -2.57. The molecule has 1 saturated heterocycles. The maximum absolute atomic E-state index is 12.2. The number of aliphatic hydroxyl groups excluding tert-OH is 1. The van der Waals surface area contributed by atoms with Crippen LogP contribution in [-0.2, 0) is 14.3 Å². The average Bonchev–Trinajstić information content (AvgIpc) is 2.77. The van der Waals surface area contributed by atoms with Gasteiger partial charge in [-0.1, -0.05) is 48.6 Å². The number of amides is 1. The first kappa shape index (κ1) is 16.7. The zero-order chi connectivity index (χ0) is 16.5. The van der Waals surface area contributed by atoms with E-state index in [9.17, 15) is 14.7 Å². The Bertz CT molecular complexity index is 559. The van der Waals surface area contributed by atoms with E-state index in [0.717, 1.165) is 0 Å². The molecule has 0 bridgehead atoms. The summed E-state index contributed by atoms with van der Waals surface area (Å²) in [7, 11) is -2.16. The van der Waals surface area contributed by atoms with Gasteiger partial charge in [0, 0.05) is 12.5 Å². The van der Waals surface area contributed by atoms with E-state index in [1.165, 1.54) is 12.1 Å². The molecule has 2 rings (SSSR count). The lowest BCUT2D eigenvalue weighted by molar-refractivity contribution is -0.147. The zero-order valence-corrected chi connectivity index (χ0v) is 14.4. The van der Waals surface area contributed by atoms with Crippen molar-refractivity contribution >= 4 is 25.1 Å². The highest BCUT2D eigenvalue weighted by Gasteiger charge is 2.55. The largest absolute Gasteiger partial charge is 0.458 e. The van der Waals surface area contributed by atoms with Gasteiger partial charge in [0.05, 0.1) is 14.2 Å². The summed E-state index contributed by atoms with van der Waals surface area (Å²) < 4.78 is 5.39. The fourth-order valence-corrected chi connectivity index (χ4v) is 6.93. The number of rotatable bonds is 4. The van der Waals surface area contributed by atoms with Crippen LogP contribution < -0.4 is 10.5 Å². The summed E-state index contributed by atoms with van der Waals surface area (Å²) in [5.74, 6) is -0.723. The Morgan fingerprint density at radius 2 is 1.91 bits per heavy atom. The maximum atomic E-state index is 12.2. The molecule has 5 nitrogen and oxygen atoms in total. The third kappa shape index (κ3) is 3.07. The van der Waals surface area contributed by atoms with Gasteiger partial charge in [-0.3, -0.25) is 4.79 Å². The van der Waals surface area contributed by atoms with Gasteiger partial charge in [-0.25, -0.2) is 4.79 Å². The Hall–Kier alpha value is -1.66. The molecule has 0 unspecified atom stereocenters. The fourth-order valence-electron chi connectivity index (χ4n) is 3.27. The van der Waals surface area contributed by atoms with Crippen molar-refractivity contribution in [3.05, 3.63) is 30.3 Å². The van der Waals surface area contributed by atoms with E-state index in [1.54, 1.807) is 6.92 Å². The molecular formula is C16H23NO4Si. The number of hydrogen-bond acceptors (Lipinski definition) is 4. The standard InChI is InChI=1S/C16H23NO4Si/c1-10(18)14-15(13(16(20)21-14)17-11(2)19)22(3,4)12-8-6-5-7-9-12/h5-10,13-15,18H,1-4H3,(H,17,19)/t10-,13+,14+,15+/m1/s1. The highest BCUT2D eigenvalue weighted by atomic mass is 28.3. The van der Waals surface area contributed by atoms with Crippen LogP contribution in [0.3, 0.4) is 0 Å². The predicted octanol–water partition coefficient (Wildman–Crippen LogP) is 0.783. The lowest BCUT2D eigenvalue weighted by Gasteiger charge is -2.36. The molecule has 4 atom stereocenters. The van der Waals surface area contributed by atoms with Gasteiger partial charge in [0.1, 0.15) is 12.1 Å². The van der Waals surface area contributed by atoms with Crippen LogP contribution in [0.1, 0.15) is 13.8 Å². The number of hydrogen-bond donors (Lipinski definition) is 2. The number of ether oxygens (including phenoxy) is 1. The molecule has 1 aliphatic heterocycles. The molecule has 0 aromatic heterocycles. The number of cyclic esters (lactones) is 1. The van der Waals surface area contributed by atoms with Crippen molar-refractivity contribution in [2.24, 2.45) is 0 Å². The Morgan fingerprint density at radius 3 is 2.41 bits per heavy atom. The third-order valence-corrected chi connectivity index (χ3v) is 8.55. The van der Waals surface area contributed by atoms with E-state index in [0.29, 0.717) is 0 Å². The number of nitrogens with one attached hydrogen (secondary N) is 1. The van der Waals surface area contributed by atoms with Crippen molar-refractivity contribution in [3.8, 4) is 0 Å². The van der Waals surface area contributed by atoms with Crippen molar-refractivity contribution in [1.29, 1.82) is 0 Å². The van der Waals surface area contributed by atoms with Crippen molar-refractivity contribution < 1.29 is 19.4 Å². The number of esters is 1.